The van der Waals surface area contributed by atoms with Crippen molar-refractivity contribution in [1.29, 1.82) is 0 Å². The second-order valence-corrected chi connectivity index (χ2v) is 8.64. The van der Waals surface area contributed by atoms with E-state index in [1.807, 2.05) is 57.5 Å². The van der Waals surface area contributed by atoms with Crippen molar-refractivity contribution in [3.63, 3.8) is 0 Å². The number of hydrogen-bond acceptors (Lipinski definition) is 5. The van der Waals surface area contributed by atoms with E-state index in [1.165, 1.54) is 4.90 Å². The van der Waals surface area contributed by atoms with Crippen LogP contribution in [-0.2, 0) is 9.59 Å². The molecule has 0 saturated carbocycles. The second-order valence-electron chi connectivity index (χ2n) is 7.79. The number of thiazole rings is 1. The number of nitrogens with one attached hydrogen (secondary N) is 1. The SMILES string of the molecule is CCCC(=O)N1CC(O)C(C)C1C(=O)N[C@@H](C)c1ccc(-c2scnc2C)cc1. The van der Waals surface area contributed by atoms with Crippen LogP contribution in [-0.4, -0.2) is 45.5 Å². The number of aromatic nitrogens is 1. The Balaban J connectivity index is 1.70. The van der Waals surface area contributed by atoms with Crippen molar-refractivity contribution in [3.8, 4) is 10.4 Å². The van der Waals surface area contributed by atoms with E-state index >= 15 is 0 Å². The molecule has 7 heteroatoms. The number of carbonyl (C=O) groups excluding carboxylic acids is 2. The van der Waals surface area contributed by atoms with Gasteiger partial charge in [0.15, 0.2) is 0 Å². The molecule has 2 heterocycles. The van der Waals surface area contributed by atoms with Gasteiger partial charge in [-0.3, -0.25) is 9.59 Å². The summed E-state index contributed by atoms with van der Waals surface area (Å²) in [6.07, 6.45) is 0.427. The number of rotatable bonds is 6. The molecule has 0 spiro atoms. The van der Waals surface area contributed by atoms with Gasteiger partial charge in [0, 0.05) is 18.9 Å². The molecule has 6 nitrogen and oxygen atoms in total. The third kappa shape index (κ3) is 4.51. The molecular weight excluding hydrogens is 386 g/mol. The van der Waals surface area contributed by atoms with E-state index in [-0.39, 0.29) is 30.3 Å². The maximum absolute atomic E-state index is 13.0. The quantitative estimate of drug-likeness (QED) is 0.758. The number of likely N-dealkylation sites (tertiary alicyclic amines) is 1. The smallest absolute Gasteiger partial charge is 0.243 e. The fraction of sp³-hybridized carbons (Fsp3) is 0.500. The standard InChI is InChI=1S/C22H29N3O3S/c1-5-6-19(27)25-11-18(26)13(2)20(25)22(28)24-14(3)16-7-9-17(10-8-16)21-15(4)23-12-29-21/h7-10,12-14,18,20,26H,5-6,11H2,1-4H3,(H,24,28)/t13?,14-,18?,20?/m0/s1. The number of carbonyl (C=O) groups is 2. The molecule has 29 heavy (non-hydrogen) atoms. The highest BCUT2D eigenvalue weighted by atomic mass is 32.1. The van der Waals surface area contributed by atoms with Crippen molar-refractivity contribution in [2.24, 2.45) is 5.92 Å². The normalized spacial score (nSPS) is 22.5. The third-order valence-electron chi connectivity index (χ3n) is 5.65. The van der Waals surface area contributed by atoms with Crippen LogP contribution in [0.25, 0.3) is 10.4 Å². The van der Waals surface area contributed by atoms with Crippen LogP contribution < -0.4 is 5.32 Å². The molecule has 0 aliphatic carbocycles. The van der Waals surface area contributed by atoms with E-state index in [9.17, 15) is 14.7 Å². The number of aryl methyl sites for hydroxylation is 1. The molecule has 1 aromatic carbocycles. The Hall–Kier alpha value is -2.25. The van der Waals surface area contributed by atoms with Gasteiger partial charge in [0.25, 0.3) is 0 Å². The lowest BCUT2D eigenvalue weighted by atomic mass is 9.98. The molecule has 1 aliphatic heterocycles. The van der Waals surface area contributed by atoms with E-state index in [4.69, 9.17) is 0 Å². The summed E-state index contributed by atoms with van der Waals surface area (Å²) in [7, 11) is 0. The summed E-state index contributed by atoms with van der Waals surface area (Å²) in [5, 5.41) is 13.2. The molecule has 1 fully saturated rings. The first-order chi connectivity index (χ1) is 13.8. The number of nitrogens with zero attached hydrogens (tertiary/aromatic N) is 2. The van der Waals surface area contributed by atoms with Crippen LogP contribution >= 0.6 is 11.3 Å². The van der Waals surface area contributed by atoms with Crippen LogP contribution in [0.2, 0.25) is 0 Å². The molecule has 2 N–H and O–H groups in total. The van der Waals surface area contributed by atoms with Crippen molar-refractivity contribution in [2.75, 3.05) is 6.54 Å². The molecule has 3 rings (SSSR count). The lowest BCUT2D eigenvalue weighted by molar-refractivity contribution is -0.139. The molecule has 1 saturated heterocycles. The summed E-state index contributed by atoms with van der Waals surface area (Å²) < 4.78 is 0. The monoisotopic (exact) mass is 415 g/mol. The van der Waals surface area contributed by atoms with Crippen LogP contribution in [0.4, 0.5) is 0 Å². The summed E-state index contributed by atoms with van der Waals surface area (Å²) in [6, 6.07) is 7.26. The van der Waals surface area contributed by atoms with E-state index in [1.54, 1.807) is 11.3 Å². The maximum Gasteiger partial charge on any atom is 0.243 e. The highest BCUT2D eigenvalue weighted by Crippen LogP contribution is 2.29. The summed E-state index contributed by atoms with van der Waals surface area (Å²) >= 11 is 1.61. The van der Waals surface area contributed by atoms with Crippen molar-refractivity contribution < 1.29 is 14.7 Å². The Morgan fingerprint density at radius 1 is 1.34 bits per heavy atom. The van der Waals surface area contributed by atoms with Gasteiger partial charge < -0.3 is 15.3 Å². The van der Waals surface area contributed by atoms with Crippen molar-refractivity contribution >= 4 is 23.2 Å². The third-order valence-corrected chi connectivity index (χ3v) is 6.63. The van der Waals surface area contributed by atoms with Gasteiger partial charge in [-0.25, -0.2) is 4.98 Å². The Morgan fingerprint density at radius 3 is 2.62 bits per heavy atom. The Kier molecular flexibility index (Phi) is 6.70. The summed E-state index contributed by atoms with van der Waals surface area (Å²) in [6.45, 7) is 7.90. The minimum absolute atomic E-state index is 0.0759. The first-order valence-electron chi connectivity index (χ1n) is 10.1. The first kappa shape index (κ1) is 21.5. The molecule has 2 amide bonds. The van der Waals surface area contributed by atoms with Crippen LogP contribution in [0.1, 0.15) is 50.9 Å². The summed E-state index contributed by atoms with van der Waals surface area (Å²) in [5.41, 5.74) is 4.94. The van der Waals surface area contributed by atoms with Gasteiger partial charge >= 0.3 is 0 Å². The van der Waals surface area contributed by atoms with E-state index < -0.39 is 12.1 Å². The number of β-amino-alcohol motifs (C(OH)–C–C–N with tert-alkyl or cyclic N) is 1. The van der Waals surface area contributed by atoms with E-state index in [0.29, 0.717) is 6.42 Å². The van der Waals surface area contributed by atoms with Crippen molar-refractivity contribution in [1.82, 2.24) is 15.2 Å². The van der Waals surface area contributed by atoms with Gasteiger partial charge in [-0.05, 0) is 31.4 Å². The average molecular weight is 416 g/mol. The van der Waals surface area contributed by atoms with Crippen LogP contribution in [0.5, 0.6) is 0 Å². The Bertz CT molecular complexity index is 864. The molecule has 2 aromatic rings. The maximum atomic E-state index is 13.0. The van der Waals surface area contributed by atoms with Gasteiger partial charge in [-0.2, -0.15) is 0 Å². The highest BCUT2D eigenvalue weighted by molar-refractivity contribution is 7.13. The number of amides is 2. The Morgan fingerprint density at radius 2 is 2.03 bits per heavy atom. The lowest BCUT2D eigenvalue weighted by Crippen LogP contribution is -2.48. The minimum atomic E-state index is -0.677. The van der Waals surface area contributed by atoms with Crippen molar-refractivity contribution in [2.45, 2.75) is 58.7 Å². The lowest BCUT2D eigenvalue weighted by Gasteiger charge is -2.27. The van der Waals surface area contributed by atoms with Crippen LogP contribution in [0.15, 0.2) is 29.8 Å². The fourth-order valence-electron chi connectivity index (χ4n) is 3.85. The van der Waals surface area contributed by atoms with Crippen LogP contribution in [0.3, 0.4) is 0 Å². The molecule has 0 bridgehead atoms. The predicted octanol–water partition coefficient (Wildman–Crippen LogP) is 3.30. The summed E-state index contributed by atoms with van der Waals surface area (Å²) in [4.78, 5) is 32.4. The molecule has 4 atom stereocenters. The van der Waals surface area contributed by atoms with Gasteiger partial charge in [-0.1, -0.05) is 38.1 Å². The molecule has 3 unspecified atom stereocenters. The largest absolute Gasteiger partial charge is 0.391 e. The van der Waals surface area contributed by atoms with E-state index in [0.717, 1.165) is 28.1 Å². The predicted molar refractivity (Wildman–Crippen MR) is 114 cm³/mol. The molecule has 0 radical (unpaired) electrons. The zero-order valence-electron chi connectivity index (χ0n) is 17.4. The zero-order chi connectivity index (χ0) is 21.1. The van der Waals surface area contributed by atoms with Gasteiger partial charge in [0.2, 0.25) is 11.8 Å². The molecule has 156 valence electrons. The highest BCUT2D eigenvalue weighted by Gasteiger charge is 2.44. The molecule has 1 aliphatic rings. The number of aliphatic hydroxyl groups excluding tert-OH is 1. The van der Waals surface area contributed by atoms with Crippen molar-refractivity contribution in [3.05, 3.63) is 41.0 Å². The summed E-state index contributed by atoms with van der Waals surface area (Å²) in [5.74, 6) is -0.582. The van der Waals surface area contributed by atoms with Gasteiger partial charge in [0.05, 0.1) is 28.2 Å². The Labute approximate surface area is 176 Å². The average Bonchev–Trinajstić information content (AvgIpc) is 3.25. The topological polar surface area (TPSA) is 82.5 Å². The first-order valence-corrected chi connectivity index (χ1v) is 11.0. The molecular formula is C22H29N3O3S. The number of aliphatic hydroxyl groups is 1. The number of hydrogen-bond donors (Lipinski definition) is 2. The van der Waals surface area contributed by atoms with Gasteiger partial charge in [0.1, 0.15) is 6.04 Å². The number of benzene rings is 1. The van der Waals surface area contributed by atoms with E-state index in [2.05, 4.69) is 10.3 Å². The van der Waals surface area contributed by atoms with Crippen LogP contribution in [0, 0.1) is 12.8 Å². The van der Waals surface area contributed by atoms with Gasteiger partial charge in [-0.15, -0.1) is 11.3 Å². The minimum Gasteiger partial charge on any atom is -0.391 e. The fourth-order valence-corrected chi connectivity index (χ4v) is 4.67. The molecule has 1 aromatic heterocycles. The second kappa shape index (κ2) is 9.05. The zero-order valence-corrected chi connectivity index (χ0v) is 18.2.